The van der Waals surface area contributed by atoms with Gasteiger partial charge < -0.3 is 29.3 Å². The molecule has 262 valence electrons. The molecule has 1 heterocycles. The van der Waals surface area contributed by atoms with Crippen molar-refractivity contribution < 1.29 is 33.4 Å². The zero-order chi connectivity index (χ0) is 36.1. The minimum absolute atomic E-state index is 0.198. The predicted octanol–water partition coefficient (Wildman–Crippen LogP) is 6.46. The van der Waals surface area contributed by atoms with Gasteiger partial charge in [-0.1, -0.05) is 69.3 Å². The summed E-state index contributed by atoms with van der Waals surface area (Å²) in [6.45, 7) is 13.2. The van der Waals surface area contributed by atoms with Crippen molar-refractivity contribution in [1.29, 1.82) is 0 Å². The summed E-state index contributed by atoms with van der Waals surface area (Å²) in [6, 6.07) is 20.0. The third-order valence-electron chi connectivity index (χ3n) is 8.65. The van der Waals surface area contributed by atoms with Crippen LogP contribution in [0, 0.1) is 5.41 Å². The molecule has 10 nitrogen and oxygen atoms in total. The highest BCUT2D eigenvalue weighted by atomic mass is 16.6. The Kier molecular flexibility index (Phi) is 11.4. The molecule has 3 amide bonds. The van der Waals surface area contributed by atoms with Gasteiger partial charge in [0.15, 0.2) is 0 Å². The van der Waals surface area contributed by atoms with Gasteiger partial charge in [-0.3, -0.25) is 9.59 Å². The summed E-state index contributed by atoms with van der Waals surface area (Å²) in [5.74, 6) is -0.417. The number of fused-ring (bicyclic) bond motifs is 1. The Bertz CT molecular complexity index is 1660. The van der Waals surface area contributed by atoms with Crippen LogP contribution in [0.25, 0.3) is 0 Å². The van der Waals surface area contributed by atoms with Gasteiger partial charge in [0.2, 0.25) is 11.8 Å². The molecule has 0 bridgehead atoms. The van der Waals surface area contributed by atoms with Crippen molar-refractivity contribution in [2.45, 2.75) is 91.7 Å². The van der Waals surface area contributed by atoms with Crippen LogP contribution >= 0.6 is 0 Å². The quantitative estimate of drug-likeness (QED) is 0.260. The highest BCUT2D eigenvalue weighted by Crippen LogP contribution is 2.32. The van der Waals surface area contributed by atoms with Crippen molar-refractivity contribution in [3.8, 4) is 5.75 Å². The fourth-order valence-corrected chi connectivity index (χ4v) is 5.95. The molecule has 1 aliphatic heterocycles. The number of nitrogens with one attached hydrogen (secondary N) is 1. The number of methoxy groups -OCH3 is 2. The fourth-order valence-electron chi connectivity index (χ4n) is 5.95. The van der Waals surface area contributed by atoms with Gasteiger partial charge in [-0.05, 0) is 79.6 Å². The van der Waals surface area contributed by atoms with Crippen LogP contribution < -0.4 is 10.1 Å². The maximum atomic E-state index is 15.0. The van der Waals surface area contributed by atoms with Crippen molar-refractivity contribution in [3.05, 3.63) is 101 Å². The molecule has 3 aromatic carbocycles. The van der Waals surface area contributed by atoms with E-state index in [0.717, 1.165) is 22.3 Å². The van der Waals surface area contributed by atoms with Gasteiger partial charge in [0.1, 0.15) is 23.4 Å². The number of amides is 3. The lowest BCUT2D eigenvalue weighted by Crippen LogP contribution is -2.61. The molecule has 0 saturated carbocycles. The first-order valence-electron chi connectivity index (χ1n) is 16.5. The van der Waals surface area contributed by atoms with Crippen molar-refractivity contribution in [3.63, 3.8) is 0 Å². The number of hydrogen-bond acceptors (Lipinski definition) is 7. The van der Waals surface area contributed by atoms with Crippen LogP contribution in [-0.2, 0) is 38.6 Å². The van der Waals surface area contributed by atoms with E-state index in [1.165, 1.54) is 7.11 Å². The van der Waals surface area contributed by atoms with Crippen LogP contribution in [0.4, 0.5) is 4.79 Å². The van der Waals surface area contributed by atoms with Crippen molar-refractivity contribution >= 4 is 23.9 Å². The molecule has 49 heavy (non-hydrogen) atoms. The molecular formula is C39H49N3O7. The summed E-state index contributed by atoms with van der Waals surface area (Å²) in [6.07, 6.45) is -0.406. The summed E-state index contributed by atoms with van der Waals surface area (Å²) >= 11 is 0. The molecule has 3 atom stereocenters. The molecule has 0 radical (unpaired) electrons. The number of carbonyl (C=O) groups excluding carboxylic acids is 4. The van der Waals surface area contributed by atoms with E-state index in [2.05, 4.69) is 5.32 Å². The number of esters is 1. The average Bonchev–Trinajstić information content (AvgIpc) is 3.06. The maximum Gasteiger partial charge on any atom is 0.408 e. The van der Waals surface area contributed by atoms with E-state index < -0.39 is 41.2 Å². The van der Waals surface area contributed by atoms with Crippen LogP contribution in [0.2, 0.25) is 0 Å². The third kappa shape index (κ3) is 9.19. The molecule has 0 aliphatic carbocycles. The van der Waals surface area contributed by atoms with Crippen molar-refractivity contribution in [2.24, 2.45) is 5.41 Å². The van der Waals surface area contributed by atoms with E-state index in [1.54, 1.807) is 61.9 Å². The Hall–Kier alpha value is -4.86. The van der Waals surface area contributed by atoms with Crippen LogP contribution in [-0.4, -0.2) is 65.6 Å². The summed E-state index contributed by atoms with van der Waals surface area (Å²) in [4.78, 5) is 58.1. The van der Waals surface area contributed by atoms with E-state index in [-0.39, 0.29) is 24.9 Å². The molecule has 0 spiro atoms. The van der Waals surface area contributed by atoms with Gasteiger partial charge in [-0.15, -0.1) is 0 Å². The minimum Gasteiger partial charge on any atom is -0.497 e. The summed E-state index contributed by atoms with van der Waals surface area (Å²) in [7, 11) is 2.92. The smallest absolute Gasteiger partial charge is 0.408 e. The van der Waals surface area contributed by atoms with E-state index in [1.807, 2.05) is 76.2 Å². The molecule has 10 heteroatoms. The largest absolute Gasteiger partial charge is 0.497 e. The summed E-state index contributed by atoms with van der Waals surface area (Å²) < 4.78 is 15.9. The molecule has 1 N–H and O–H groups in total. The summed E-state index contributed by atoms with van der Waals surface area (Å²) in [5.41, 5.74) is 2.51. The Morgan fingerprint density at radius 1 is 0.898 bits per heavy atom. The number of hydrogen-bond donors (Lipinski definition) is 1. The minimum atomic E-state index is -0.974. The van der Waals surface area contributed by atoms with E-state index in [4.69, 9.17) is 14.2 Å². The number of carbonyl (C=O) groups is 4. The molecule has 0 saturated heterocycles. The third-order valence-corrected chi connectivity index (χ3v) is 8.65. The second-order valence-corrected chi connectivity index (χ2v) is 14.5. The van der Waals surface area contributed by atoms with Gasteiger partial charge in [-0.2, -0.15) is 0 Å². The molecule has 1 aliphatic rings. The molecule has 0 aromatic heterocycles. The number of nitrogens with zero attached hydrogens (tertiary/aromatic N) is 2. The van der Waals surface area contributed by atoms with Crippen LogP contribution in [0.15, 0.2) is 72.8 Å². The van der Waals surface area contributed by atoms with E-state index in [0.29, 0.717) is 17.7 Å². The second kappa shape index (κ2) is 15.1. The Morgan fingerprint density at radius 2 is 1.55 bits per heavy atom. The zero-order valence-corrected chi connectivity index (χ0v) is 30.0. The van der Waals surface area contributed by atoms with Crippen molar-refractivity contribution in [1.82, 2.24) is 15.1 Å². The second-order valence-electron chi connectivity index (χ2n) is 14.5. The highest BCUT2D eigenvalue weighted by Gasteiger charge is 2.44. The maximum absolute atomic E-state index is 15.0. The Morgan fingerprint density at radius 3 is 2.14 bits per heavy atom. The molecular weight excluding hydrogens is 622 g/mol. The Labute approximate surface area is 289 Å². The van der Waals surface area contributed by atoms with Crippen LogP contribution in [0.1, 0.15) is 87.1 Å². The van der Waals surface area contributed by atoms with Crippen LogP contribution in [0.5, 0.6) is 5.75 Å². The van der Waals surface area contributed by atoms with Gasteiger partial charge in [0.25, 0.3) is 0 Å². The Balaban J connectivity index is 1.77. The molecule has 3 aromatic rings. The fraction of sp³-hybridized carbons (Fsp3) is 0.436. The lowest BCUT2D eigenvalue weighted by Gasteiger charge is -2.43. The van der Waals surface area contributed by atoms with Crippen molar-refractivity contribution in [2.75, 3.05) is 14.2 Å². The van der Waals surface area contributed by atoms with Gasteiger partial charge in [0.05, 0.1) is 25.8 Å². The molecule has 4 rings (SSSR count). The lowest BCUT2D eigenvalue weighted by atomic mass is 9.84. The first kappa shape index (κ1) is 37.0. The average molecular weight is 672 g/mol. The number of ether oxygens (including phenoxy) is 3. The first-order valence-corrected chi connectivity index (χ1v) is 16.5. The highest BCUT2D eigenvalue weighted by molar-refractivity contribution is 5.93. The van der Waals surface area contributed by atoms with E-state index in [9.17, 15) is 14.4 Å². The van der Waals surface area contributed by atoms with Gasteiger partial charge in [-0.25, -0.2) is 9.59 Å². The SMILES string of the molecule is COC(=O)c1ccc(CN(C(=O)C2Cc3ccccc3CN2C(=O)C(NC(=O)OC(C)(C)C)C(C)(C)C)[C@H](C)c2cccc(OC)c2)cc1. The van der Waals surface area contributed by atoms with Gasteiger partial charge in [0, 0.05) is 19.5 Å². The van der Waals surface area contributed by atoms with E-state index >= 15 is 4.79 Å². The normalized spacial score (nSPS) is 15.7. The number of alkyl carbamates (subject to hydrolysis) is 1. The zero-order valence-electron chi connectivity index (χ0n) is 30.0. The standard InChI is InChI=1S/C39H49N3O7/c1-25(28-15-12-16-31(21-28)47-8)41(23-26-17-19-27(20-18-26)36(45)48-9)34(43)32-22-29-13-10-11-14-30(29)24-42(32)35(44)33(38(2,3)4)40-37(46)49-39(5,6)7/h10-21,25,32-33H,22-24H2,1-9H3,(H,40,46)/t25-,32?,33?/m1/s1. The first-order chi connectivity index (χ1) is 23.0. The van der Waals surface area contributed by atoms with Gasteiger partial charge >= 0.3 is 12.1 Å². The van der Waals surface area contributed by atoms with Crippen LogP contribution in [0.3, 0.4) is 0 Å². The monoisotopic (exact) mass is 671 g/mol. The number of benzene rings is 3. The topological polar surface area (TPSA) is 114 Å². The molecule has 0 fully saturated rings. The predicted molar refractivity (Wildman–Crippen MR) is 187 cm³/mol. The molecule has 2 unspecified atom stereocenters. The number of rotatable bonds is 9. The summed E-state index contributed by atoms with van der Waals surface area (Å²) in [5, 5.41) is 2.81. The lowest BCUT2D eigenvalue weighted by molar-refractivity contribution is -0.151.